The summed E-state index contributed by atoms with van der Waals surface area (Å²) in [6.45, 7) is 0. The number of nitro groups is 1. The Kier molecular flexibility index (Phi) is 2.68. The van der Waals surface area contributed by atoms with Gasteiger partial charge in [0.1, 0.15) is 12.0 Å². The maximum Gasteiger partial charge on any atom is 0.356 e. The number of rotatable bonds is 3. The summed E-state index contributed by atoms with van der Waals surface area (Å²) >= 11 is 1.30. The molecule has 8 nitrogen and oxygen atoms in total. The van der Waals surface area contributed by atoms with Crippen LogP contribution in [0.5, 0.6) is 0 Å². The lowest BCUT2D eigenvalue weighted by molar-refractivity contribution is -0.382. The lowest BCUT2D eigenvalue weighted by Gasteiger charge is -2.03. The SMILES string of the molecule is O=C(O)c1cn(-c2ccc3scnc3c2[N+](=O)[O-])cn1. The summed E-state index contributed by atoms with van der Waals surface area (Å²) in [5.41, 5.74) is 1.69. The van der Waals surface area contributed by atoms with E-state index >= 15 is 0 Å². The highest BCUT2D eigenvalue weighted by Crippen LogP contribution is 2.33. The normalized spacial score (nSPS) is 10.8. The van der Waals surface area contributed by atoms with Crippen LogP contribution in [-0.2, 0) is 0 Å². The number of nitrogens with zero attached hydrogens (tertiary/aromatic N) is 4. The molecule has 0 saturated heterocycles. The molecule has 0 atom stereocenters. The van der Waals surface area contributed by atoms with E-state index in [2.05, 4.69) is 9.97 Å². The molecule has 3 rings (SSSR count). The fourth-order valence-electron chi connectivity index (χ4n) is 1.86. The molecule has 0 amide bonds. The first-order valence-electron chi connectivity index (χ1n) is 5.36. The third-order valence-electron chi connectivity index (χ3n) is 2.72. The topological polar surface area (TPSA) is 111 Å². The first kappa shape index (κ1) is 12.2. The maximum absolute atomic E-state index is 11.3. The van der Waals surface area contributed by atoms with E-state index < -0.39 is 10.9 Å². The quantitative estimate of drug-likeness (QED) is 0.584. The van der Waals surface area contributed by atoms with Crippen molar-refractivity contribution in [1.82, 2.24) is 14.5 Å². The lowest BCUT2D eigenvalue weighted by atomic mass is 10.2. The van der Waals surface area contributed by atoms with Gasteiger partial charge in [0.15, 0.2) is 11.2 Å². The first-order valence-corrected chi connectivity index (χ1v) is 6.24. The largest absolute Gasteiger partial charge is 0.476 e. The van der Waals surface area contributed by atoms with Crippen LogP contribution in [0.4, 0.5) is 5.69 Å². The van der Waals surface area contributed by atoms with Gasteiger partial charge < -0.3 is 5.11 Å². The van der Waals surface area contributed by atoms with E-state index in [0.717, 1.165) is 0 Å². The maximum atomic E-state index is 11.3. The molecule has 100 valence electrons. The van der Waals surface area contributed by atoms with E-state index in [9.17, 15) is 14.9 Å². The Morgan fingerprint density at radius 1 is 1.40 bits per heavy atom. The molecular formula is C11H6N4O4S. The van der Waals surface area contributed by atoms with Crippen molar-refractivity contribution in [3.63, 3.8) is 0 Å². The van der Waals surface area contributed by atoms with Crippen molar-refractivity contribution in [3.05, 3.63) is 46.0 Å². The van der Waals surface area contributed by atoms with Crippen molar-refractivity contribution in [2.45, 2.75) is 0 Å². The van der Waals surface area contributed by atoms with E-state index in [1.165, 1.54) is 33.9 Å². The van der Waals surface area contributed by atoms with Gasteiger partial charge in [-0.25, -0.2) is 14.8 Å². The van der Waals surface area contributed by atoms with Gasteiger partial charge in [-0.1, -0.05) is 0 Å². The molecule has 1 aromatic carbocycles. The minimum Gasteiger partial charge on any atom is -0.476 e. The first-order chi connectivity index (χ1) is 9.58. The van der Waals surface area contributed by atoms with Gasteiger partial charge in [0, 0.05) is 6.20 Å². The number of hydrogen-bond acceptors (Lipinski definition) is 6. The monoisotopic (exact) mass is 290 g/mol. The Bertz CT molecular complexity index is 838. The third kappa shape index (κ3) is 1.80. The molecule has 0 fully saturated rings. The summed E-state index contributed by atoms with van der Waals surface area (Å²) in [5, 5.41) is 20.1. The number of aromatic carboxylic acids is 1. The number of imidazole rings is 1. The van der Waals surface area contributed by atoms with Gasteiger partial charge in [-0.15, -0.1) is 11.3 Å². The van der Waals surface area contributed by atoms with Crippen molar-refractivity contribution < 1.29 is 14.8 Å². The zero-order valence-electron chi connectivity index (χ0n) is 9.76. The number of fused-ring (bicyclic) bond motifs is 1. The van der Waals surface area contributed by atoms with Crippen molar-refractivity contribution in [2.24, 2.45) is 0 Å². The third-order valence-corrected chi connectivity index (χ3v) is 3.51. The van der Waals surface area contributed by atoms with Crippen LogP contribution in [0.2, 0.25) is 0 Å². The zero-order valence-corrected chi connectivity index (χ0v) is 10.6. The van der Waals surface area contributed by atoms with E-state index in [1.807, 2.05) is 0 Å². The van der Waals surface area contributed by atoms with Crippen LogP contribution >= 0.6 is 11.3 Å². The Morgan fingerprint density at radius 2 is 2.20 bits per heavy atom. The molecule has 0 saturated carbocycles. The summed E-state index contributed by atoms with van der Waals surface area (Å²) in [7, 11) is 0. The number of aromatic nitrogens is 3. The molecule has 1 N–H and O–H groups in total. The standard InChI is InChI=1S/C11H6N4O4S/c16-11(17)6-3-14(4-12-6)7-1-2-8-9(13-5-20-8)10(7)15(18)19/h1-5H,(H,16,17). The minimum absolute atomic E-state index is 0.168. The number of thiazole rings is 1. The smallest absolute Gasteiger partial charge is 0.356 e. The highest BCUT2D eigenvalue weighted by molar-refractivity contribution is 7.16. The van der Waals surface area contributed by atoms with Crippen LogP contribution in [-0.4, -0.2) is 30.5 Å². The minimum atomic E-state index is -1.19. The van der Waals surface area contributed by atoms with Gasteiger partial charge in [-0.2, -0.15) is 0 Å². The summed E-state index contributed by atoms with van der Waals surface area (Å²) in [4.78, 5) is 29.2. The second-order valence-corrected chi connectivity index (χ2v) is 4.75. The van der Waals surface area contributed by atoms with Crippen molar-refractivity contribution in [2.75, 3.05) is 0 Å². The van der Waals surface area contributed by atoms with Crippen LogP contribution in [0.1, 0.15) is 10.5 Å². The number of benzene rings is 1. The summed E-state index contributed by atoms with van der Waals surface area (Å²) < 4.78 is 2.00. The molecule has 3 aromatic rings. The van der Waals surface area contributed by atoms with Crippen molar-refractivity contribution >= 4 is 33.2 Å². The highest BCUT2D eigenvalue weighted by atomic mass is 32.1. The number of carboxylic acid groups (broad SMARTS) is 1. The summed E-state index contributed by atoms with van der Waals surface area (Å²) in [6, 6.07) is 3.25. The Hall–Kier alpha value is -2.81. The average Bonchev–Trinajstić information content (AvgIpc) is 3.05. The molecule has 2 aromatic heterocycles. The second-order valence-electron chi connectivity index (χ2n) is 3.86. The van der Waals surface area contributed by atoms with Crippen LogP contribution in [0, 0.1) is 10.1 Å². The van der Waals surface area contributed by atoms with E-state index in [-0.39, 0.29) is 22.6 Å². The van der Waals surface area contributed by atoms with Crippen LogP contribution in [0.3, 0.4) is 0 Å². The molecule has 0 aliphatic heterocycles. The fraction of sp³-hybridized carbons (Fsp3) is 0. The summed E-state index contributed by atoms with van der Waals surface area (Å²) in [6.07, 6.45) is 2.45. The predicted molar refractivity (Wildman–Crippen MR) is 70.4 cm³/mol. The molecular weight excluding hydrogens is 284 g/mol. The summed E-state index contributed by atoms with van der Waals surface area (Å²) in [5.74, 6) is -1.19. The highest BCUT2D eigenvalue weighted by Gasteiger charge is 2.22. The van der Waals surface area contributed by atoms with Crippen LogP contribution < -0.4 is 0 Å². The predicted octanol–water partition coefficient (Wildman–Crippen LogP) is 2.09. The number of carboxylic acids is 1. The average molecular weight is 290 g/mol. The van der Waals surface area contributed by atoms with Gasteiger partial charge in [0.25, 0.3) is 0 Å². The molecule has 0 aliphatic carbocycles. The van der Waals surface area contributed by atoms with Gasteiger partial charge in [-0.05, 0) is 12.1 Å². The van der Waals surface area contributed by atoms with E-state index in [1.54, 1.807) is 12.1 Å². The molecule has 0 aliphatic rings. The molecule has 20 heavy (non-hydrogen) atoms. The second kappa shape index (κ2) is 4.38. The Labute approximate surface area is 115 Å². The number of carbonyl (C=O) groups is 1. The number of hydrogen-bond donors (Lipinski definition) is 1. The van der Waals surface area contributed by atoms with Gasteiger partial charge in [0.05, 0.1) is 15.1 Å². The van der Waals surface area contributed by atoms with Gasteiger partial charge in [0.2, 0.25) is 0 Å². The molecule has 0 bridgehead atoms. The van der Waals surface area contributed by atoms with Crippen molar-refractivity contribution in [1.29, 1.82) is 0 Å². The molecule has 9 heteroatoms. The molecule has 0 unspecified atom stereocenters. The Morgan fingerprint density at radius 3 is 2.85 bits per heavy atom. The van der Waals surface area contributed by atoms with Gasteiger partial charge >= 0.3 is 11.7 Å². The van der Waals surface area contributed by atoms with Crippen LogP contribution in [0.15, 0.2) is 30.2 Å². The van der Waals surface area contributed by atoms with E-state index in [4.69, 9.17) is 5.11 Å². The molecule has 2 heterocycles. The van der Waals surface area contributed by atoms with E-state index in [0.29, 0.717) is 4.70 Å². The van der Waals surface area contributed by atoms with Crippen LogP contribution in [0.25, 0.3) is 15.9 Å². The Balaban J connectivity index is 2.26. The zero-order chi connectivity index (χ0) is 14.3. The lowest BCUT2D eigenvalue weighted by Crippen LogP contribution is -2.00. The van der Waals surface area contributed by atoms with Crippen molar-refractivity contribution in [3.8, 4) is 5.69 Å². The molecule has 0 radical (unpaired) electrons. The fourth-order valence-corrected chi connectivity index (χ4v) is 2.54. The van der Waals surface area contributed by atoms with Gasteiger partial charge in [-0.3, -0.25) is 14.7 Å². The molecule has 0 spiro atoms. The number of nitro benzene ring substituents is 1.